The molecule has 4 fully saturated rings. The first kappa shape index (κ1) is 30.2. The third-order valence-electron chi connectivity index (χ3n) is 10.5. The lowest BCUT2D eigenvalue weighted by atomic mass is 9.90. The summed E-state index contributed by atoms with van der Waals surface area (Å²) in [6.07, 6.45) is 5.13. The molecule has 43 heavy (non-hydrogen) atoms. The molecule has 4 bridgehead atoms. The van der Waals surface area contributed by atoms with E-state index in [1.165, 1.54) is 12.1 Å². The number of nitrogens with zero attached hydrogens (tertiary/aromatic N) is 4. The first-order valence-corrected chi connectivity index (χ1v) is 16.1. The fraction of sp³-hybridized carbons (Fsp3) is 0.600. The maximum absolute atomic E-state index is 15.4. The van der Waals surface area contributed by atoms with Gasteiger partial charge in [-0.1, -0.05) is 24.3 Å². The Morgan fingerprint density at radius 1 is 0.767 bits per heavy atom. The SMILES string of the molecule is CC(C)N1CC2CCC(C1)N2C(=O)Cc1ccc(CC(C)(C)N2CC3CCC(C2)N3C(=O)Cc2ccc(F)cc2)cc1F. The highest BCUT2D eigenvalue weighted by atomic mass is 19.1. The Kier molecular flexibility index (Phi) is 8.37. The zero-order valence-corrected chi connectivity index (χ0v) is 26.1. The molecule has 0 radical (unpaired) electrons. The summed E-state index contributed by atoms with van der Waals surface area (Å²) < 4.78 is 28.7. The first-order chi connectivity index (χ1) is 20.5. The largest absolute Gasteiger partial charge is 0.334 e. The predicted octanol–water partition coefficient (Wildman–Crippen LogP) is 4.83. The van der Waals surface area contributed by atoms with Crippen molar-refractivity contribution < 1.29 is 18.4 Å². The van der Waals surface area contributed by atoms with Crippen molar-refractivity contribution in [1.29, 1.82) is 0 Å². The summed E-state index contributed by atoms with van der Waals surface area (Å²) in [5, 5.41) is 0. The second-order valence-electron chi connectivity index (χ2n) is 14.2. The van der Waals surface area contributed by atoms with E-state index in [4.69, 9.17) is 0 Å². The first-order valence-electron chi connectivity index (χ1n) is 16.1. The fourth-order valence-corrected chi connectivity index (χ4v) is 8.15. The molecule has 8 heteroatoms. The van der Waals surface area contributed by atoms with Gasteiger partial charge in [0.05, 0.1) is 12.8 Å². The van der Waals surface area contributed by atoms with E-state index >= 15 is 4.39 Å². The van der Waals surface area contributed by atoms with Crippen molar-refractivity contribution in [3.63, 3.8) is 0 Å². The minimum atomic E-state index is -0.300. The lowest BCUT2D eigenvalue weighted by molar-refractivity contribution is -0.138. The quantitative estimate of drug-likeness (QED) is 0.441. The summed E-state index contributed by atoms with van der Waals surface area (Å²) in [7, 11) is 0. The van der Waals surface area contributed by atoms with Crippen LogP contribution in [-0.2, 0) is 28.9 Å². The molecular weight excluding hydrogens is 546 g/mol. The predicted molar refractivity (Wildman–Crippen MR) is 164 cm³/mol. The number of piperazine rings is 2. The van der Waals surface area contributed by atoms with E-state index < -0.39 is 0 Å². The number of carbonyl (C=O) groups excluding carboxylic acids is 2. The van der Waals surface area contributed by atoms with E-state index in [0.717, 1.165) is 63.0 Å². The minimum Gasteiger partial charge on any atom is -0.334 e. The van der Waals surface area contributed by atoms with Gasteiger partial charge in [0.2, 0.25) is 11.8 Å². The normalized spacial score (nSPS) is 26.0. The molecule has 0 aliphatic carbocycles. The van der Waals surface area contributed by atoms with Gasteiger partial charge in [-0.15, -0.1) is 0 Å². The molecule has 4 unspecified atom stereocenters. The van der Waals surface area contributed by atoms with E-state index in [1.54, 1.807) is 24.3 Å². The van der Waals surface area contributed by atoms with Crippen LogP contribution in [-0.4, -0.2) is 93.3 Å². The molecule has 0 N–H and O–H groups in total. The number of carbonyl (C=O) groups is 2. The zero-order chi connectivity index (χ0) is 30.5. The van der Waals surface area contributed by atoms with E-state index in [0.29, 0.717) is 24.4 Å². The number of likely N-dealkylation sites (tertiary alicyclic amines) is 2. The van der Waals surface area contributed by atoms with Crippen LogP contribution in [0.2, 0.25) is 0 Å². The topological polar surface area (TPSA) is 47.1 Å². The van der Waals surface area contributed by atoms with Crippen LogP contribution in [0.1, 0.15) is 70.1 Å². The van der Waals surface area contributed by atoms with E-state index in [1.807, 2.05) is 11.0 Å². The third kappa shape index (κ3) is 6.23. The van der Waals surface area contributed by atoms with Crippen LogP contribution >= 0.6 is 0 Å². The average molecular weight is 593 g/mol. The molecule has 232 valence electrons. The van der Waals surface area contributed by atoms with Crippen molar-refractivity contribution in [2.24, 2.45) is 0 Å². The maximum atomic E-state index is 15.4. The molecule has 4 heterocycles. The molecule has 0 saturated carbocycles. The van der Waals surface area contributed by atoms with Crippen LogP contribution in [0.4, 0.5) is 8.78 Å². The molecule has 4 saturated heterocycles. The van der Waals surface area contributed by atoms with Gasteiger partial charge in [0.25, 0.3) is 0 Å². The molecule has 2 amide bonds. The number of hydrogen-bond donors (Lipinski definition) is 0. The Morgan fingerprint density at radius 3 is 1.81 bits per heavy atom. The molecule has 0 spiro atoms. The Balaban J connectivity index is 1.06. The van der Waals surface area contributed by atoms with Crippen molar-refractivity contribution in [1.82, 2.24) is 19.6 Å². The molecule has 4 atom stereocenters. The standard InChI is InChI=1S/C35H46F2N4O2/c1-23(2)38-19-28-11-12-29(20-38)40(28)34(43)17-26-8-5-25(15-32(26)37)18-35(3,4)39-21-30-13-14-31(22-39)41(30)33(42)16-24-6-9-27(36)10-7-24/h5-10,15,23,28-31H,11-14,16-22H2,1-4H3. The monoisotopic (exact) mass is 592 g/mol. The number of rotatable bonds is 8. The molecular formula is C35H46F2N4O2. The van der Waals surface area contributed by atoms with Gasteiger partial charge in [0, 0.05) is 61.9 Å². The van der Waals surface area contributed by atoms with Crippen LogP contribution in [0.15, 0.2) is 42.5 Å². The van der Waals surface area contributed by atoms with Gasteiger partial charge < -0.3 is 9.80 Å². The van der Waals surface area contributed by atoms with E-state index in [9.17, 15) is 14.0 Å². The van der Waals surface area contributed by atoms with Gasteiger partial charge in [-0.25, -0.2) is 8.78 Å². The van der Waals surface area contributed by atoms with E-state index in [2.05, 4.69) is 42.4 Å². The van der Waals surface area contributed by atoms with E-state index in [-0.39, 0.29) is 59.6 Å². The van der Waals surface area contributed by atoms with Crippen LogP contribution in [0, 0.1) is 11.6 Å². The summed E-state index contributed by atoms with van der Waals surface area (Å²) in [4.78, 5) is 35.6. The summed E-state index contributed by atoms with van der Waals surface area (Å²) >= 11 is 0. The van der Waals surface area contributed by atoms with Crippen molar-refractivity contribution in [2.45, 2.75) is 108 Å². The lowest BCUT2D eigenvalue weighted by Gasteiger charge is -2.48. The van der Waals surface area contributed by atoms with Gasteiger partial charge in [-0.05, 0) is 94.7 Å². The van der Waals surface area contributed by atoms with Gasteiger partial charge in [-0.3, -0.25) is 19.4 Å². The van der Waals surface area contributed by atoms with Gasteiger partial charge in [0.15, 0.2) is 0 Å². The Labute approximate surface area is 255 Å². The highest BCUT2D eigenvalue weighted by Gasteiger charge is 2.46. The Hall–Kier alpha value is -2.84. The van der Waals surface area contributed by atoms with Crippen molar-refractivity contribution in [3.8, 4) is 0 Å². The van der Waals surface area contributed by atoms with Crippen LogP contribution in [0.5, 0.6) is 0 Å². The Morgan fingerprint density at radius 2 is 1.28 bits per heavy atom. The average Bonchev–Trinajstić information content (AvgIpc) is 3.38. The molecule has 0 aromatic heterocycles. The molecule has 4 aliphatic rings. The number of amides is 2. The molecule has 6 nitrogen and oxygen atoms in total. The van der Waals surface area contributed by atoms with Crippen LogP contribution in [0.25, 0.3) is 0 Å². The van der Waals surface area contributed by atoms with Crippen LogP contribution in [0.3, 0.4) is 0 Å². The maximum Gasteiger partial charge on any atom is 0.227 e. The third-order valence-corrected chi connectivity index (χ3v) is 10.5. The molecule has 2 aromatic rings. The number of benzene rings is 2. The van der Waals surface area contributed by atoms with Crippen molar-refractivity contribution in [2.75, 3.05) is 26.2 Å². The fourth-order valence-electron chi connectivity index (χ4n) is 8.15. The second kappa shape index (κ2) is 11.9. The molecule has 6 rings (SSSR count). The van der Waals surface area contributed by atoms with Crippen molar-refractivity contribution >= 4 is 11.8 Å². The summed E-state index contributed by atoms with van der Waals surface area (Å²) in [6, 6.07) is 12.9. The number of hydrogen-bond acceptors (Lipinski definition) is 4. The van der Waals surface area contributed by atoms with Gasteiger partial charge >= 0.3 is 0 Å². The number of fused-ring (bicyclic) bond motifs is 4. The minimum absolute atomic E-state index is 0.0465. The molecule has 2 aromatic carbocycles. The lowest BCUT2D eigenvalue weighted by Crippen LogP contribution is -2.61. The van der Waals surface area contributed by atoms with Crippen LogP contribution < -0.4 is 0 Å². The number of halogens is 2. The summed E-state index contributed by atoms with van der Waals surface area (Å²) in [5.74, 6) is -0.438. The molecule has 4 aliphatic heterocycles. The highest BCUT2D eigenvalue weighted by Crippen LogP contribution is 2.36. The van der Waals surface area contributed by atoms with Crippen molar-refractivity contribution in [3.05, 3.63) is 70.8 Å². The second-order valence-corrected chi connectivity index (χ2v) is 14.2. The summed E-state index contributed by atoms with van der Waals surface area (Å²) in [6.45, 7) is 12.2. The zero-order valence-electron chi connectivity index (χ0n) is 26.1. The van der Waals surface area contributed by atoms with Gasteiger partial charge in [0.1, 0.15) is 11.6 Å². The summed E-state index contributed by atoms with van der Waals surface area (Å²) in [5.41, 5.74) is 2.02. The Bertz CT molecular complexity index is 1320. The smallest absolute Gasteiger partial charge is 0.227 e. The van der Waals surface area contributed by atoms with Gasteiger partial charge in [-0.2, -0.15) is 0 Å². The highest BCUT2D eigenvalue weighted by molar-refractivity contribution is 5.80.